The number of fused-ring (bicyclic) bond motifs is 1. The second kappa shape index (κ2) is 6.24. The number of aromatic nitrogens is 3. The van der Waals surface area contributed by atoms with E-state index >= 15 is 0 Å². The molecule has 0 radical (unpaired) electrons. The van der Waals surface area contributed by atoms with E-state index in [1.165, 1.54) is 7.11 Å². The third kappa shape index (κ3) is 2.82. The SMILES string of the molecule is COC(=O)C(C)CC1CCC(c2ncc3c(Cl)nccn23)C1. The van der Waals surface area contributed by atoms with Crippen LogP contribution < -0.4 is 0 Å². The summed E-state index contributed by atoms with van der Waals surface area (Å²) in [5.41, 5.74) is 0.852. The van der Waals surface area contributed by atoms with Gasteiger partial charge in [0.15, 0.2) is 5.15 Å². The van der Waals surface area contributed by atoms with Crippen LogP contribution in [0.3, 0.4) is 0 Å². The van der Waals surface area contributed by atoms with E-state index in [9.17, 15) is 4.79 Å². The molecular weight excluding hydrogens is 302 g/mol. The fourth-order valence-corrected chi connectivity index (χ4v) is 3.74. The number of carbonyl (C=O) groups excluding carboxylic acids is 1. The van der Waals surface area contributed by atoms with Crippen molar-refractivity contribution in [1.29, 1.82) is 0 Å². The average molecular weight is 322 g/mol. The summed E-state index contributed by atoms with van der Waals surface area (Å²) >= 11 is 6.10. The van der Waals surface area contributed by atoms with Gasteiger partial charge in [0.1, 0.15) is 11.3 Å². The van der Waals surface area contributed by atoms with Crippen LogP contribution in [-0.4, -0.2) is 27.4 Å². The fourth-order valence-electron chi connectivity index (χ4n) is 3.54. The van der Waals surface area contributed by atoms with Gasteiger partial charge in [-0.25, -0.2) is 9.97 Å². The lowest BCUT2D eigenvalue weighted by Gasteiger charge is -2.15. The first-order valence-electron chi connectivity index (χ1n) is 7.65. The zero-order chi connectivity index (χ0) is 15.7. The van der Waals surface area contributed by atoms with Crippen molar-refractivity contribution >= 4 is 23.1 Å². The van der Waals surface area contributed by atoms with Gasteiger partial charge in [0.25, 0.3) is 0 Å². The molecule has 0 bridgehead atoms. The quantitative estimate of drug-likeness (QED) is 0.809. The van der Waals surface area contributed by atoms with Gasteiger partial charge in [-0.1, -0.05) is 18.5 Å². The number of imidazole rings is 1. The molecule has 0 aromatic carbocycles. The van der Waals surface area contributed by atoms with E-state index in [0.29, 0.717) is 17.0 Å². The Kier molecular flexibility index (Phi) is 4.34. The minimum atomic E-state index is -0.118. The van der Waals surface area contributed by atoms with E-state index in [-0.39, 0.29) is 11.9 Å². The molecule has 0 N–H and O–H groups in total. The van der Waals surface area contributed by atoms with Crippen LogP contribution in [0.25, 0.3) is 5.52 Å². The number of ether oxygens (including phenoxy) is 1. The summed E-state index contributed by atoms with van der Waals surface area (Å²) in [7, 11) is 1.45. The number of methoxy groups -OCH3 is 1. The number of hydrogen-bond acceptors (Lipinski definition) is 4. The van der Waals surface area contributed by atoms with Crippen LogP contribution in [0.5, 0.6) is 0 Å². The zero-order valence-corrected chi connectivity index (χ0v) is 13.6. The Balaban J connectivity index is 1.72. The number of halogens is 1. The third-order valence-corrected chi connectivity index (χ3v) is 4.93. The van der Waals surface area contributed by atoms with E-state index in [2.05, 4.69) is 9.97 Å². The number of carbonyl (C=O) groups is 1. The molecule has 1 aliphatic carbocycles. The summed E-state index contributed by atoms with van der Waals surface area (Å²) in [6.45, 7) is 1.94. The molecule has 22 heavy (non-hydrogen) atoms. The van der Waals surface area contributed by atoms with Crippen LogP contribution in [0.4, 0.5) is 0 Å². The topological polar surface area (TPSA) is 56.5 Å². The summed E-state index contributed by atoms with van der Waals surface area (Å²) in [4.78, 5) is 20.2. The van der Waals surface area contributed by atoms with Crippen molar-refractivity contribution in [1.82, 2.24) is 14.4 Å². The van der Waals surface area contributed by atoms with Crippen LogP contribution >= 0.6 is 11.6 Å². The van der Waals surface area contributed by atoms with Gasteiger partial charge in [0.05, 0.1) is 19.2 Å². The van der Waals surface area contributed by atoms with Crippen molar-refractivity contribution < 1.29 is 9.53 Å². The lowest BCUT2D eigenvalue weighted by molar-refractivity contribution is -0.145. The molecule has 2 aromatic heterocycles. The average Bonchev–Trinajstić information content (AvgIpc) is 3.13. The normalized spacial score (nSPS) is 22.9. The molecule has 3 rings (SSSR count). The van der Waals surface area contributed by atoms with E-state index in [1.807, 2.05) is 17.5 Å². The molecule has 1 fully saturated rings. The largest absolute Gasteiger partial charge is 0.469 e. The number of nitrogens with zero attached hydrogens (tertiary/aromatic N) is 3. The molecule has 3 atom stereocenters. The Morgan fingerprint density at radius 3 is 3.09 bits per heavy atom. The number of hydrogen-bond donors (Lipinski definition) is 0. The molecule has 3 unspecified atom stereocenters. The van der Waals surface area contributed by atoms with Gasteiger partial charge >= 0.3 is 5.97 Å². The molecule has 0 saturated heterocycles. The summed E-state index contributed by atoms with van der Waals surface area (Å²) in [5.74, 6) is 1.85. The highest BCUT2D eigenvalue weighted by Crippen LogP contribution is 2.41. The van der Waals surface area contributed by atoms with Gasteiger partial charge in [-0.3, -0.25) is 9.20 Å². The Labute approximate surface area is 134 Å². The molecule has 0 aliphatic heterocycles. The Hall–Kier alpha value is -1.62. The molecule has 118 valence electrons. The van der Waals surface area contributed by atoms with Gasteiger partial charge in [-0.15, -0.1) is 0 Å². The van der Waals surface area contributed by atoms with Crippen molar-refractivity contribution in [2.24, 2.45) is 11.8 Å². The smallest absolute Gasteiger partial charge is 0.308 e. The molecule has 0 amide bonds. The van der Waals surface area contributed by atoms with Crippen LogP contribution in [0.15, 0.2) is 18.6 Å². The highest BCUT2D eigenvalue weighted by atomic mass is 35.5. The summed E-state index contributed by atoms with van der Waals surface area (Å²) in [5, 5.41) is 0.482. The van der Waals surface area contributed by atoms with Gasteiger partial charge in [0.2, 0.25) is 0 Å². The highest BCUT2D eigenvalue weighted by molar-refractivity contribution is 6.32. The first-order valence-corrected chi connectivity index (χ1v) is 8.03. The van der Waals surface area contributed by atoms with Crippen molar-refractivity contribution in [2.75, 3.05) is 7.11 Å². The molecule has 2 aromatic rings. The van der Waals surface area contributed by atoms with Crippen LogP contribution in [0, 0.1) is 11.8 Å². The van der Waals surface area contributed by atoms with Crippen molar-refractivity contribution in [3.05, 3.63) is 29.6 Å². The minimum Gasteiger partial charge on any atom is -0.469 e. The standard InChI is InChI=1S/C16H20ClN3O2/c1-10(16(21)22-2)7-11-3-4-12(8-11)15-19-9-13-14(17)18-5-6-20(13)15/h5-6,9-12H,3-4,7-8H2,1-2H3. The maximum atomic E-state index is 11.6. The van der Waals surface area contributed by atoms with Crippen LogP contribution in [0.1, 0.15) is 44.3 Å². The minimum absolute atomic E-state index is 0.0376. The van der Waals surface area contributed by atoms with E-state index in [1.54, 1.807) is 12.4 Å². The van der Waals surface area contributed by atoms with Gasteiger partial charge in [0, 0.05) is 18.3 Å². The highest BCUT2D eigenvalue weighted by Gasteiger charge is 2.31. The molecular formula is C16H20ClN3O2. The molecule has 1 aliphatic rings. The first kappa shape index (κ1) is 15.3. The van der Waals surface area contributed by atoms with Crippen molar-refractivity contribution in [2.45, 2.75) is 38.5 Å². The lowest BCUT2D eigenvalue weighted by Crippen LogP contribution is -2.15. The maximum Gasteiger partial charge on any atom is 0.308 e. The Bertz CT molecular complexity index is 685. The first-order chi connectivity index (χ1) is 10.6. The Morgan fingerprint density at radius 2 is 2.32 bits per heavy atom. The number of rotatable bonds is 4. The van der Waals surface area contributed by atoms with Crippen molar-refractivity contribution in [3.8, 4) is 0 Å². The summed E-state index contributed by atoms with van der Waals surface area (Å²) in [6.07, 6.45) is 9.56. The summed E-state index contributed by atoms with van der Waals surface area (Å²) in [6, 6.07) is 0. The van der Waals surface area contributed by atoms with E-state index in [4.69, 9.17) is 16.3 Å². The fraction of sp³-hybridized carbons (Fsp3) is 0.562. The monoisotopic (exact) mass is 321 g/mol. The second-order valence-electron chi connectivity index (χ2n) is 6.13. The molecule has 1 saturated carbocycles. The predicted molar refractivity (Wildman–Crippen MR) is 83.9 cm³/mol. The van der Waals surface area contributed by atoms with Gasteiger partial charge in [-0.05, 0) is 31.6 Å². The van der Waals surface area contributed by atoms with Crippen LogP contribution in [-0.2, 0) is 9.53 Å². The Morgan fingerprint density at radius 1 is 1.50 bits per heavy atom. The molecule has 6 heteroatoms. The van der Waals surface area contributed by atoms with E-state index < -0.39 is 0 Å². The van der Waals surface area contributed by atoms with Crippen LogP contribution in [0.2, 0.25) is 5.15 Å². The van der Waals surface area contributed by atoms with E-state index in [0.717, 1.165) is 37.0 Å². The van der Waals surface area contributed by atoms with Gasteiger partial charge in [-0.2, -0.15) is 0 Å². The second-order valence-corrected chi connectivity index (χ2v) is 6.48. The summed E-state index contributed by atoms with van der Waals surface area (Å²) < 4.78 is 6.85. The van der Waals surface area contributed by atoms with Crippen molar-refractivity contribution in [3.63, 3.8) is 0 Å². The number of esters is 1. The third-order valence-electron chi connectivity index (χ3n) is 4.64. The van der Waals surface area contributed by atoms with Gasteiger partial charge < -0.3 is 4.74 Å². The zero-order valence-electron chi connectivity index (χ0n) is 12.8. The lowest BCUT2D eigenvalue weighted by atomic mass is 9.93. The maximum absolute atomic E-state index is 11.6. The molecule has 0 spiro atoms. The predicted octanol–water partition coefficient (Wildman–Crippen LogP) is 3.47. The molecule has 5 nitrogen and oxygen atoms in total. The molecule has 2 heterocycles.